The molecular formula is C18H21N5O3S2. The minimum Gasteiger partial charge on any atom is -0.467 e. The molecule has 0 unspecified atom stereocenters. The topological polar surface area (TPSA) is 101 Å². The van der Waals surface area contributed by atoms with Gasteiger partial charge in [0.15, 0.2) is 5.13 Å². The van der Waals surface area contributed by atoms with E-state index in [-0.39, 0.29) is 23.8 Å². The Hall–Kier alpha value is -2.59. The van der Waals surface area contributed by atoms with Crippen LogP contribution in [-0.2, 0) is 16.8 Å². The number of aromatic nitrogens is 3. The summed E-state index contributed by atoms with van der Waals surface area (Å²) in [7, 11) is 0. The zero-order chi connectivity index (χ0) is 20.5. The lowest BCUT2D eigenvalue weighted by atomic mass is 9.98. The van der Waals surface area contributed by atoms with Gasteiger partial charge in [-0.05, 0) is 19.1 Å². The predicted molar refractivity (Wildman–Crippen MR) is 109 cm³/mol. The molecule has 0 bridgehead atoms. The molecule has 8 nitrogen and oxygen atoms in total. The number of anilines is 2. The summed E-state index contributed by atoms with van der Waals surface area (Å²) in [5.41, 5.74) is 0.408. The lowest BCUT2D eigenvalue weighted by Gasteiger charge is -2.16. The average molecular weight is 420 g/mol. The summed E-state index contributed by atoms with van der Waals surface area (Å²) in [6.45, 7) is 9.55. The van der Waals surface area contributed by atoms with Gasteiger partial charge in [-0.3, -0.25) is 19.8 Å². The molecule has 0 atom stereocenters. The first kappa shape index (κ1) is 20.2. The van der Waals surface area contributed by atoms with Crippen molar-refractivity contribution >= 4 is 44.8 Å². The molecule has 3 aromatic heterocycles. The first-order valence-corrected chi connectivity index (χ1v) is 10.2. The highest BCUT2D eigenvalue weighted by Crippen LogP contribution is 2.30. The number of hydrogen-bond donors (Lipinski definition) is 1. The highest BCUT2D eigenvalue weighted by molar-refractivity contribution is 7.18. The van der Waals surface area contributed by atoms with Crippen molar-refractivity contribution in [3.05, 3.63) is 39.7 Å². The van der Waals surface area contributed by atoms with Gasteiger partial charge in [0.2, 0.25) is 11.0 Å². The van der Waals surface area contributed by atoms with Gasteiger partial charge in [0.05, 0.1) is 18.5 Å². The Morgan fingerprint density at radius 1 is 1.25 bits per heavy atom. The van der Waals surface area contributed by atoms with E-state index >= 15 is 0 Å². The molecule has 28 heavy (non-hydrogen) atoms. The molecule has 3 aromatic rings. The molecule has 0 fully saturated rings. The Bertz CT molecular complexity index is 985. The summed E-state index contributed by atoms with van der Waals surface area (Å²) in [5.74, 6) is 0.132. The predicted octanol–water partition coefficient (Wildman–Crippen LogP) is 4.00. The highest BCUT2D eigenvalue weighted by atomic mass is 32.1. The van der Waals surface area contributed by atoms with Crippen LogP contribution >= 0.6 is 22.7 Å². The summed E-state index contributed by atoms with van der Waals surface area (Å²) in [5, 5.41) is 12.7. The third kappa shape index (κ3) is 4.45. The standard InChI is InChI=1S/C18H21N5O3S2/c1-10-13(14(25)20-16-22-21-15(28-16)18(3,4)5)27-17(19-10)23(11(2)24)9-12-7-6-8-26-12/h6-8H,9H2,1-5H3,(H,20,22,25). The van der Waals surface area contributed by atoms with Gasteiger partial charge < -0.3 is 4.42 Å². The first-order chi connectivity index (χ1) is 13.1. The van der Waals surface area contributed by atoms with Gasteiger partial charge in [0.1, 0.15) is 15.6 Å². The molecule has 1 N–H and O–H groups in total. The third-order valence-corrected chi connectivity index (χ3v) is 6.23. The van der Waals surface area contributed by atoms with Gasteiger partial charge in [-0.2, -0.15) is 0 Å². The molecule has 0 saturated carbocycles. The highest BCUT2D eigenvalue weighted by Gasteiger charge is 2.24. The maximum Gasteiger partial charge on any atom is 0.269 e. The Kier molecular flexibility index (Phi) is 5.61. The van der Waals surface area contributed by atoms with Crippen molar-refractivity contribution in [1.29, 1.82) is 0 Å². The minimum atomic E-state index is -0.320. The van der Waals surface area contributed by atoms with E-state index in [0.717, 1.165) is 16.3 Å². The number of aryl methyl sites for hydroxylation is 1. The Morgan fingerprint density at radius 3 is 2.57 bits per heavy atom. The normalized spacial score (nSPS) is 11.5. The third-order valence-electron chi connectivity index (χ3n) is 3.78. The number of nitrogens with one attached hydrogen (secondary N) is 1. The quantitative estimate of drug-likeness (QED) is 0.671. The van der Waals surface area contributed by atoms with E-state index in [4.69, 9.17) is 4.42 Å². The molecule has 3 heterocycles. The summed E-state index contributed by atoms with van der Waals surface area (Å²) < 4.78 is 5.32. The minimum absolute atomic E-state index is 0.137. The molecule has 0 spiro atoms. The van der Waals surface area contributed by atoms with Crippen LogP contribution in [0.3, 0.4) is 0 Å². The van der Waals surface area contributed by atoms with E-state index in [1.807, 2.05) is 20.8 Å². The number of thiazole rings is 1. The van der Waals surface area contributed by atoms with Crippen molar-refractivity contribution in [2.24, 2.45) is 0 Å². The molecule has 0 aromatic carbocycles. The van der Waals surface area contributed by atoms with Crippen LogP contribution in [0.4, 0.5) is 10.3 Å². The number of nitrogens with zero attached hydrogens (tertiary/aromatic N) is 4. The molecule has 148 valence electrons. The zero-order valence-electron chi connectivity index (χ0n) is 16.3. The second kappa shape index (κ2) is 7.80. The van der Waals surface area contributed by atoms with Gasteiger partial charge in [-0.1, -0.05) is 43.4 Å². The molecule has 0 radical (unpaired) electrons. The number of carbonyl (C=O) groups is 2. The van der Waals surface area contributed by atoms with Gasteiger partial charge in [-0.25, -0.2) is 4.98 Å². The van der Waals surface area contributed by atoms with E-state index < -0.39 is 0 Å². The first-order valence-electron chi connectivity index (χ1n) is 8.58. The van der Waals surface area contributed by atoms with Crippen LogP contribution in [-0.4, -0.2) is 27.0 Å². The zero-order valence-corrected chi connectivity index (χ0v) is 17.9. The van der Waals surface area contributed by atoms with E-state index in [2.05, 4.69) is 20.5 Å². The average Bonchev–Trinajstić information content (AvgIpc) is 3.32. The second-order valence-corrected chi connectivity index (χ2v) is 9.17. The summed E-state index contributed by atoms with van der Waals surface area (Å²) in [6, 6.07) is 3.54. The lowest BCUT2D eigenvalue weighted by molar-refractivity contribution is -0.116. The number of hydrogen-bond acceptors (Lipinski definition) is 8. The van der Waals surface area contributed by atoms with Crippen LogP contribution in [0.1, 0.15) is 53.8 Å². The van der Waals surface area contributed by atoms with Gasteiger partial charge >= 0.3 is 0 Å². The van der Waals surface area contributed by atoms with Crippen molar-refractivity contribution < 1.29 is 14.0 Å². The molecule has 0 aliphatic heterocycles. The van der Waals surface area contributed by atoms with Crippen LogP contribution in [0.25, 0.3) is 0 Å². The van der Waals surface area contributed by atoms with Gasteiger partial charge in [0.25, 0.3) is 5.91 Å². The number of furan rings is 1. The van der Waals surface area contributed by atoms with Gasteiger partial charge in [0, 0.05) is 12.3 Å². The smallest absolute Gasteiger partial charge is 0.269 e. The molecule has 2 amide bonds. The van der Waals surface area contributed by atoms with E-state index in [1.54, 1.807) is 25.3 Å². The monoisotopic (exact) mass is 419 g/mol. The van der Waals surface area contributed by atoms with Crippen molar-refractivity contribution in [2.75, 3.05) is 10.2 Å². The van der Waals surface area contributed by atoms with Crippen molar-refractivity contribution in [2.45, 2.75) is 46.6 Å². The fourth-order valence-corrected chi connectivity index (χ4v) is 4.11. The Balaban J connectivity index is 1.79. The molecule has 0 aliphatic rings. The van der Waals surface area contributed by atoms with Crippen molar-refractivity contribution in [3.63, 3.8) is 0 Å². The SMILES string of the molecule is CC(=O)N(Cc1ccco1)c1nc(C)c(C(=O)Nc2nnc(C(C)(C)C)s2)s1. The fraction of sp³-hybridized carbons (Fsp3) is 0.389. The maximum atomic E-state index is 12.7. The van der Waals surface area contributed by atoms with Crippen LogP contribution in [0.2, 0.25) is 0 Å². The largest absolute Gasteiger partial charge is 0.467 e. The number of carbonyl (C=O) groups excluding carboxylic acids is 2. The molecule has 3 rings (SSSR count). The lowest BCUT2D eigenvalue weighted by Crippen LogP contribution is -2.27. The van der Waals surface area contributed by atoms with Crippen LogP contribution in [0.5, 0.6) is 0 Å². The van der Waals surface area contributed by atoms with Crippen LogP contribution in [0.15, 0.2) is 22.8 Å². The fourth-order valence-electron chi connectivity index (χ4n) is 2.31. The van der Waals surface area contributed by atoms with Gasteiger partial charge in [-0.15, -0.1) is 10.2 Å². The van der Waals surface area contributed by atoms with Crippen molar-refractivity contribution in [3.8, 4) is 0 Å². The Labute approximate surface area is 170 Å². The van der Waals surface area contributed by atoms with Crippen LogP contribution in [0, 0.1) is 6.92 Å². The maximum absolute atomic E-state index is 12.7. The van der Waals surface area contributed by atoms with E-state index in [0.29, 0.717) is 26.6 Å². The summed E-state index contributed by atoms with van der Waals surface area (Å²) >= 11 is 2.50. The number of amides is 2. The summed E-state index contributed by atoms with van der Waals surface area (Å²) in [4.78, 5) is 31.1. The van der Waals surface area contributed by atoms with Crippen molar-refractivity contribution in [1.82, 2.24) is 15.2 Å². The molecule has 10 heteroatoms. The molecular weight excluding hydrogens is 398 g/mol. The van der Waals surface area contributed by atoms with E-state index in [9.17, 15) is 9.59 Å². The van der Waals surface area contributed by atoms with Crippen LogP contribution < -0.4 is 10.2 Å². The van der Waals surface area contributed by atoms with E-state index in [1.165, 1.54) is 23.2 Å². The molecule has 0 aliphatic carbocycles. The molecule has 0 saturated heterocycles. The summed E-state index contributed by atoms with van der Waals surface area (Å²) in [6.07, 6.45) is 1.55. The Morgan fingerprint density at radius 2 is 2.00 bits per heavy atom. The second-order valence-electron chi connectivity index (χ2n) is 7.21. The number of rotatable bonds is 5.